The van der Waals surface area contributed by atoms with Gasteiger partial charge in [0.15, 0.2) is 0 Å². The minimum atomic E-state index is -5.08. The van der Waals surface area contributed by atoms with Crippen molar-refractivity contribution in [2.24, 2.45) is 0 Å². The summed E-state index contributed by atoms with van der Waals surface area (Å²) >= 11 is 0. The second-order valence-electron chi connectivity index (χ2n) is 7.77. The normalized spacial score (nSPS) is 11.1. The minimum Gasteiger partial charge on any atom is -0.481 e. The standard InChI is InChI=1S/C22H25N3O2.C2HF3O2/c1-16-9-10-18(13-17(16)2)22-19(14-24(3)12-11-21(26)27)15-25(23-22)20-7-5-4-6-8-20;3-2(4,5)1(6)7/h4-10,13,15H,11-12,14H2,1-3H3,(H,26,27);(H,6,7). The molecule has 0 bridgehead atoms. The first-order valence-electron chi connectivity index (χ1n) is 10.3. The molecule has 0 aliphatic rings. The lowest BCUT2D eigenvalue weighted by atomic mass is 10.0. The monoisotopic (exact) mass is 477 g/mol. The topological polar surface area (TPSA) is 95.7 Å². The number of nitrogens with zero attached hydrogens (tertiary/aromatic N) is 3. The molecule has 10 heteroatoms. The number of para-hydroxylation sites is 1. The van der Waals surface area contributed by atoms with Crippen molar-refractivity contribution < 1.29 is 33.0 Å². The van der Waals surface area contributed by atoms with Gasteiger partial charge in [-0.1, -0.05) is 30.3 Å². The number of hydrogen-bond donors (Lipinski definition) is 2. The minimum absolute atomic E-state index is 0.127. The van der Waals surface area contributed by atoms with E-state index in [9.17, 15) is 18.0 Å². The molecule has 1 aromatic heterocycles. The average Bonchev–Trinajstić information content (AvgIpc) is 3.18. The molecule has 0 spiro atoms. The maximum atomic E-state index is 10.9. The number of halogens is 3. The van der Waals surface area contributed by atoms with Crippen molar-refractivity contribution in [3.05, 3.63) is 71.4 Å². The van der Waals surface area contributed by atoms with E-state index in [1.54, 1.807) is 0 Å². The highest BCUT2D eigenvalue weighted by molar-refractivity contribution is 5.73. The van der Waals surface area contributed by atoms with Gasteiger partial charge in [-0.15, -0.1) is 0 Å². The molecule has 0 saturated heterocycles. The quantitative estimate of drug-likeness (QED) is 0.512. The van der Waals surface area contributed by atoms with Gasteiger partial charge in [-0.05, 0) is 50.2 Å². The Kier molecular flexibility index (Phi) is 8.97. The molecule has 7 nitrogen and oxygen atoms in total. The zero-order valence-electron chi connectivity index (χ0n) is 19.0. The lowest BCUT2D eigenvalue weighted by Gasteiger charge is -2.15. The number of alkyl halides is 3. The van der Waals surface area contributed by atoms with Crippen LogP contribution in [-0.4, -0.2) is 56.6 Å². The maximum Gasteiger partial charge on any atom is 0.490 e. The van der Waals surface area contributed by atoms with Crippen molar-refractivity contribution in [2.45, 2.75) is 33.0 Å². The zero-order valence-corrected chi connectivity index (χ0v) is 19.0. The summed E-state index contributed by atoms with van der Waals surface area (Å²) in [5, 5.41) is 20.9. The fourth-order valence-electron chi connectivity index (χ4n) is 3.03. The lowest BCUT2D eigenvalue weighted by Crippen LogP contribution is -2.21. The third-order valence-electron chi connectivity index (χ3n) is 4.98. The molecule has 1 heterocycles. The Balaban J connectivity index is 0.000000509. The predicted molar refractivity (Wildman–Crippen MR) is 121 cm³/mol. The summed E-state index contributed by atoms with van der Waals surface area (Å²) < 4.78 is 33.6. The second kappa shape index (κ2) is 11.5. The molecule has 0 radical (unpaired) electrons. The highest BCUT2D eigenvalue weighted by Crippen LogP contribution is 2.26. The molecule has 0 atom stereocenters. The fraction of sp³-hybridized carbons (Fsp3) is 0.292. The summed E-state index contributed by atoms with van der Waals surface area (Å²) in [7, 11) is 1.94. The van der Waals surface area contributed by atoms with Crippen LogP contribution < -0.4 is 0 Å². The molecular weight excluding hydrogens is 451 g/mol. The van der Waals surface area contributed by atoms with Crippen molar-refractivity contribution in [2.75, 3.05) is 13.6 Å². The van der Waals surface area contributed by atoms with Gasteiger partial charge in [-0.25, -0.2) is 9.48 Å². The number of carboxylic acids is 2. The van der Waals surface area contributed by atoms with E-state index < -0.39 is 18.1 Å². The first-order chi connectivity index (χ1) is 15.9. The van der Waals surface area contributed by atoms with E-state index >= 15 is 0 Å². The van der Waals surface area contributed by atoms with Crippen LogP contribution in [0.2, 0.25) is 0 Å². The maximum absolute atomic E-state index is 10.9. The summed E-state index contributed by atoms with van der Waals surface area (Å²) in [5.74, 6) is -3.54. The van der Waals surface area contributed by atoms with E-state index in [4.69, 9.17) is 20.1 Å². The number of aryl methyl sites for hydroxylation is 2. The van der Waals surface area contributed by atoms with Gasteiger partial charge < -0.3 is 15.1 Å². The van der Waals surface area contributed by atoms with Gasteiger partial charge in [0.25, 0.3) is 0 Å². The van der Waals surface area contributed by atoms with Crippen LogP contribution >= 0.6 is 0 Å². The third-order valence-corrected chi connectivity index (χ3v) is 4.98. The van der Waals surface area contributed by atoms with Crippen LogP contribution in [0.3, 0.4) is 0 Å². The smallest absolute Gasteiger partial charge is 0.481 e. The van der Waals surface area contributed by atoms with Gasteiger partial charge in [-0.3, -0.25) is 4.79 Å². The third kappa shape index (κ3) is 7.73. The van der Waals surface area contributed by atoms with Crippen LogP contribution in [0, 0.1) is 13.8 Å². The van der Waals surface area contributed by atoms with Gasteiger partial charge in [0, 0.05) is 30.4 Å². The zero-order chi connectivity index (χ0) is 25.5. The number of aromatic nitrogens is 2. The summed E-state index contributed by atoms with van der Waals surface area (Å²) in [6.45, 7) is 5.34. The molecule has 2 N–H and O–H groups in total. The number of aliphatic carboxylic acids is 2. The van der Waals surface area contributed by atoms with Crippen LogP contribution in [-0.2, 0) is 16.1 Å². The number of carbonyl (C=O) groups is 2. The van der Waals surface area contributed by atoms with Gasteiger partial charge >= 0.3 is 18.1 Å². The van der Waals surface area contributed by atoms with E-state index in [1.807, 2.05) is 53.2 Å². The first-order valence-corrected chi connectivity index (χ1v) is 10.3. The van der Waals surface area contributed by atoms with Gasteiger partial charge in [0.1, 0.15) is 0 Å². The number of carboxylic acid groups (broad SMARTS) is 2. The SMILES string of the molecule is Cc1ccc(-c2nn(-c3ccccc3)cc2CN(C)CCC(=O)O)cc1C.O=C(O)C(F)(F)F. The molecule has 0 aliphatic heterocycles. The Labute approximate surface area is 195 Å². The van der Waals surface area contributed by atoms with Crippen LogP contribution in [0.4, 0.5) is 13.2 Å². The molecule has 34 heavy (non-hydrogen) atoms. The number of rotatable bonds is 7. The van der Waals surface area contributed by atoms with Crippen LogP contribution in [0.1, 0.15) is 23.1 Å². The fourth-order valence-corrected chi connectivity index (χ4v) is 3.03. The molecule has 0 saturated carbocycles. The van der Waals surface area contributed by atoms with Crippen LogP contribution in [0.15, 0.2) is 54.7 Å². The van der Waals surface area contributed by atoms with E-state index in [0.29, 0.717) is 13.1 Å². The molecule has 2 aromatic carbocycles. The lowest BCUT2D eigenvalue weighted by molar-refractivity contribution is -0.192. The summed E-state index contributed by atoms with van der Waals surface area (Å²) in [5.41, 5.74) is 6.57. The molecule has 0 fully saturated rings. The van der Waals surface area contributed by atoms with Gasteiger partial charge in [0.05, 0.1) is 17.8 Å². The van der Waals surface area contributed by atoms with E-state index in [2.05, 4.69) is 32.0 Å². The summed E-state index contributed by atoms with van der Waals surface area (Å²) in [4.78, 5) is 21.8. The van der Waals surface area contributed by atoms with Crippen LogP contribution in [0.5, 0.6) is 0 Å². The first kappa shape index (κ1) is 26.6. The average molecular weight is 477 g/mol. The van der Waals surface area contributed by atoms with Crippen LogP contribution in [0.25, 0.3) is 16.9 Å². The van der Waals surface area contributed by atoms with Crippen molar-refractivity contribution in [1.29, 1.82) is 0 Å². The highest BCUT2D eigenvalue weighted by Gasteiger charge is 2.38. The van der Waals surface area contributed by atoms with Gasteiger partial charge in [-0.2, -0.15) is 18.3 Å². The largest absolute Gasteiger partial charge is 0.490 e. The summed E-state index contributed by atoms with van der Waals surface area (Å²) in [6.07, 6.45) is -2.92. The van der Waals surface area contributed by atoms with Crippen molar-refractivity contribution in [1.82, 2.24) is 14.7 Å². The molecule has 182 valence electrons. The molecule has 0 amide bonds. The van der Waals surface area contributed by atoms with E-state index in [-0.39, 0.29) is 6.42 Å². The molecule has 0 aliphatic carbocycles. The Bertz CT molecular complexity index is 1130. The van der Waals surface area contributed by atoms with Gasteiger partial charge in [0.2, 0.25) is 0 Å². The van der Waals surface area contributed by atoms with E-state index in [1.165, 1.54) is 11.1 Å². The summed E-state index contributed by atoms with van der Waals surface area (Å²) in [6, 6.07) is 16.4. The second-order valence-corrected chi connectivity index (χ2v) is 7.77. The Morgan fingerprint density at radius 1 is 1.03 bits per heavy atom. The Morgan fingerprint density at radius 3 is 2.18 bits per heavy atom. The molecule has 3 rings (SSSR count). The molecular formula is C24H26F3N3O4. The molecule has 3 aromatic rings. The van der Waals surface area contributed by atoms with Crippen molar-refractivity contribution in [3.63, 3.8) is 0 Å². The van der Waals surface area contributed by atoms with E-state index in [0.717, 1.165) is 22.5 Å². The van der Waals surface area contributed by atoms with Crippen molar-refractivity contribution in [3.8, 4) is 16.9 Å². The molecule has 0 unspecified atom stereocenters. The predicted octanol–water partition coefficient (Wildman–Crippen LogP) is 4.70. The Morgan fingerprint density at radius 2 is 1.65 bits per heavy atom. The number of hydrogen-bond acceptors (Lipinski definition) is 4. The Hall–Kier alpha value is -3.66. The highest BCUT2D eigenvalue weighted by atomic mass is 19.4. The number of benzene rings is 2. The van der Waals surface area contributed by atoms with Crippen molar-refractivity contribution >= 4 is 11.9 Å².